The van der Waals surface area contributed by atoms with Crippen molar-refractivity contribution in [2.45, 2.75) is 46.1 Å². The molecule has 0 aliphatic carbocycles. The van der Waals surface area contributed by atoms with Gasteiger partial charge in [-0.25, -0.2) is 0 Å². The summed E-state index contributed by atoms with van der Waals surface area (Å²) in [5.74, 6) is 0.471. The minimum Gasteiger partial charge on any atom is -0.392 e. The number of pyridine rings is 1. The minimum atomic E-state index is -0.198. The van der Waals surface area contributed by atoms with Gasteiger partial charge in [-0.05, 0) is 24.5 Å². The Morgan fingerprint density at radius 3 is 2.61 bits per heavy atom. The molecule has 0 amide bonds. The second kappa shape index (κ2) is 4.88. The first-order valence-corrected chi connectivity index (χ1v) is 6.79. The van der Waals surface area contributed by atoms with Gasteiger partial charge in [0.15, 0.2) is 0 Å². The molecule has 1 aromatic rings. The zero-order chi connectivity index (χ0) is 13.3. The summed E-state index contributed by atoms with van der Waals surface area (Å²) in [6.45, 7) is 10.4. The molecule has 2 rings (SSSR count). The monoisotopic (exact) mass is 248 g/mol. The summed E-state index contributed by atoms with van der Waals surface area (Å²) in [6, 6.07) is 4.26. The highest BCUT2D eigenvalue weighted by molar-refractivity contribution is 5.45. The molecule has 1 atom stereocenters. The van der Waals surface area contributed by atoms with E-state index in [1.54, 1.807) is 0 Å². The van der Waals surface area contributed by atoms with Gasteiger partial charge in [-0.2, -0.15) is 0 Å². The SMILES string of the molecule is CC(C)c1ccc(N2CCC(O)C(C)(C)C2)cn1. The van der Waals surface area contributed by atoms with Gasteiger partial charge in [0.05, 0.1) is 18.0 Å². The number of hydrogen-bond donors (Lipinski definition) is 1. The summed E-state index contributed by atoms with van der Waals surface area (Å²) >= 11 is 0. The third-order valence-corrected chi connectivity index (χ3v) is 3.90. The largest absolute Gasteiger partial charge is 0.392 e. The third-order valence-electron chi connectivity index (χ3n) is 3.90. The maximum absolute atomic E-state index is 9.98. The number of aromatic nitrogens is 1. The van der Waals surface area contributed by atoms with Crippen molar-refractivity contribution in [2.24, 2.45) is 5.41 Å². The maximum atomic E-state index is 9.98. The van der Waals surface area contributed by atoms with Crippen LogP contribution in [0, 0.1) is 5.41 Å². The van der Waals surface area contributed by atoms with Gasteiger partial charge in [0.2, 0.25) is 0 Å². The van der Waals surface area contributed by atoms with Crippen LogP contribution in [-0.2, 0) is 0 Å². The van der Waals surface area contributed by atoms with E-state index in [-0.39, 0.29) is 11.5 Å². The van der Waals surface area contributed by atoms with Gasteiger partial charge in [0, 0.05) is 24.2 Å². The predicted molar refractivity (Wildman–Crippen MR) is 74.9 cm³/mol. The molecule has 0 bridgehead atoms. The molecule has 0 radical (unpaired) electrons. The van der Waals surface area contributed by atoms with E-state index in [0.717, 1.165) is 25.2 Å². The number of hydrogen-bond acceptors (Lipinski definition) is 3. The molecule has 0 saturated carbocycles. The van der Waals surface area contributed by atoms with E-state index in [0.29, 0.717) is 5.92 Å². The van der Waals surface area contributed by atoms with Crippen molar-refractivity contribution >= 4 is 5.69 Å². The zero-order valence-corrected chi connectivity index (χ0v) is 11.8. The molecular weight excluding hydrogens is 224 g/mol. The summed E-state index contributed by atoms with van der Waals surface area (Å²) in [6.07, 6.45) is 2.60. The fourth-order valence-electron chi connectivity index (χ4n) is 2.49. The smallest absolute Gasteiger partial charge is 0.0624 e. The van der Waals surface area contributed by atoms with E-state index in [4.69, 9.17) is 0 Å². The van der Waals surface area contributed by atoms with Crippen LogP contribution < -0.4 is 4.90 Å². The molecule has 1 aliphatic rings. The molecule has 100 valence electrons. The maximum Gasteiger partial charge on any atom is 0.0624 e. The van der Waals surface area contributed by atoms with Crippen LogP contribution in [0.5, 0.6) is 0 Å². The third kappa shape index (κ3) is 2.66. The lowest BCUT2D eigenvalue weighted by Crippen LogP contribution is -2.48. The number of aliphatic hydroxyl groups excluding tert-OH is 1. The van der Waals surface area contributed by atoms with Crippen molar-refractivity contribution in [3.63, 3.8) is 0 Å². The normalized spacial score (nSPS) is 23.4. The number of nitrogens with zero attached hydrogens (tertiary/aromatic N) is 2. The Morgan fingerprint density at radius 1 is 1.39 bits per heavy atom. The number of rotatable bonds is 2. The molecular formula is C15H24N2O. The van der Waals surface area contributed by atoms with Crippen LogP contribution >= 0.6 is 0 Å². The standard InChI is InChI=1S/C15H24N2O/c1-11(2)13-6-5-12(9-16-13)17-8-7-14(18)15(3,4)10-17/h5-6,9,11,14,18H,7-8,10H2,1-4H3. The summed E-state index contributed by atoms with van der Waals surface area (Å²) in [5, 5.41) is 9.98. The van der Waals surface area contributed by atoms with Crippen LogP contribution in [0.1, 0.15) is 45.7 Å². The molecule has 1 saturated heterocycles. The number of aliphatic hydroxyl groups is 1. The molecule has 1 unspecified atom stereocenters. The van der Waals surface area contributed by atoms with Crippen molar-refractivity contribution < 1.29 is 5.11 Å². The highest BCUT2D eigenvalue weighted by atomic mass is 16.3. The summed E-state index contributed by atoms with van der Waals surface area (Å²) < 4.78 is 0. The van der Waals surface area contributed by atoms with E-state index >= 15 is 0 Å². The van der Waals surface area contributed by atoms with Crippen LogP contribution in [0.4, 0.5) is 5.69 Å². The molecule has 1 N–H and O–H groups in total. The van der Waals surface area contributed by atoms with Gasteiger partial charge in [-0.15, -0.1) is 0 Å². The van der Waals surface area contributed by atoms with E-state index in [1.165, 1.54) is 5.69 Å². The highest BCUT2D eigenvalue weighted by Crippen LogP contribution is 2.32. The van der Waals surface area contributed by atoms with Crippen molar-refractivity contribution in [1.29, 1.82) is 0 Å². The predicted octanol–water partition coefficient (Wildman–Crippen LogP) is 2.80. The molecule has 0 spiro atoms. The Balaban J connectivity index is 2.13. The molecule has 1 fully saturated rings. The number of anilines is 1. The van der Waals surface area contributed by atoms with Gasteiger partial charge < -0.3 is 10.0 Å². The number of piperidine rings is 1. The summed E-state index contributed by atoms with van der Waals surface area (Å²) in [4.78, 5) is 6.84. The van der Waals surface area contributed by atoms with Crippen LogP contribution in [0.25, 0.3) is 0 Å². The Bertz CT molecular complexity index is 397. The molecule has 1 aromatic heterocycles. The van der Waals surface area contributed by atoms with Crippen LogP contribution in [0.3, 0.4) is 0 Å². The van der Waals surface area contributed by atoms with Crippen molar-refractivity contribution in [3.05, 3.63) is 24.0 Å². The van der Waals surface area contributed by atoms with E-state index < -0.39 is 0 Å². The molecule has 0 aromatic carbocycles. The van der Waals surface area contributed by atoms with Gasteiger partial charge in [0.25, 0.3) is 0 Å². The average molecular weight is 248 g/mol. The summed E-state index contributed by atoms with van der Waals surface area (Å²) in [5.41, 5.74) is 2.25. The first-order chi connectivity index (χ1) is 8.40. The fraction of sp³-hybridized carbons (Fsp3) is 0.667. The topological polar surface area (TPSA) is 36.4 Å². The minimum absolute atomic E-state index is 0.0467. The fourth-order valence-corrected chi connectivity index (χ4v) is 2.49. The Hall–Kier alpha value is -1.09. The molecule has 3 heteroatoms. The lowest BCUT2D eigenvalue weighted by atomic mass is 9.81. The zero-order valence-electron chi connectivity index (χ0n) is 11.8. The van der Waals surface area contributed by atoms with Gasteiger partial charge in [-0.3, -0.25) is 4.98 Å². The van der Waals surface area contributed by atoms with E-state index in [1.807, 2.05) is 6.20 Å². The average Bonchev–Trinajstić information content (AvgIpc) is 2.33. The Kier molecular flexibility index (Phi) is 3.62. The lowest BCUT2D eigenvalue weighted by Gasteiger charge is -2.42. The van der Waals surface area contributed by atoms with Crippen molar-refractivity contribution in [1.82, 2.24) is 4.98 Å². The first kappa shape index (κ1) is 13.3. The van der Waals surface area contributed by atoms with E-state index in [9.17, 15) is 5.11 Å². The van der Waals surface area contributed by atoms with Crippen LogP contribution in [-0.4, -0.2) is 29.3 Å². The Morgan fingerprint density at radius 2 is 2.11 bits per heavy atom. The molecule has 3 nitrogen and oxygen atoms in total. The van der Waals surface area contributed by atoms with Crippen molar-refractivity contribution in [3.8, 4) is 0 Å². The van der Waals surface area contributed by atoms with Crippen LogP contribution in [0.2, 0.25) is 0 Å². The summed E-state index contributed by atoms with van der Waals surface area (Å²) in [7, 11) is 0. The van der Waals surface area contributed by atoms with Crippen LogP contribution in [0.15, 0.2) is 18.3 Å². The lowest BCUT2D eigenvalue weighted by molar-refractivity contribution is 0.0336. The van der Waals surface area contributed by atoms with Gasteiger partial charge in [-0.1, -0.05) is 27.7 Å². The molecule has 2 heterocycles. The molecule has 18 heavy (non-hydrogen) atoms. The second-order valence-corrected chi connectivity index (χ2v) is 6.31. The first-order valence-electron chi connectivity index (χ1n) is 6.79. The quantitative estimate of drug-likeness (QED) is 0.874. The highest BCUT2D eigenvalue weighted by Gasteiger charge is 2.34. The van der Waals surface area contributed by atoms with Crippen molar-refractivity contribution in [2.75, 3.05) is 18.0 Å². The van der Waals surface area contributed by atoms with E-state index in [2.05, 4.69) is 49.7 Å². The van der Waals surface area contributed by atoms with Gasteiger partial charge >= 0.3 is 0 Å². The van der Waals surface area contributed by atoms with Gasteiger partial charge in [0.1, 0.15) is 0 Å². The Labute approximate surface area is 110 Å². The second-order valence-electron chi connectivity index (χ2n) is 6.31. The molecule has 1 aliphatic heterocycles.